The lowest BCUT2D eigenvalue weighted by molar-refractivity contribution is 0.145. The van der Waals surface area contributed by atoms with E-state index in [-0.39, 0.29) is 0 Å². The van der Waals surface area contributed by atoms with Crippen LogP contribution in [0.2, 0.25) is 0 Å². The maximum absolute atomic E-state index is 5.82. The lowest BCUT2D eigenvalue weighted by atomic mass is 9.96. The fourth-order valence-electron chi connectivity index (χ4n) is 3.86. The highest BCUT2D eigenvalue weighted by atomic mass is 16.5. The van der Waals surface area contributed by atoms with Gasteiger partial charge >= 0.3 is 0 Å². The van der Waals surface area contributed by atoms with Gasteiger partial charge in [-0.2, -0.15) is 0 Å². The molecule has 27 heavy (non-hydrogen) atoms. The van der Waals surface area contributed by atoms with Gasteiger partial charge in [-0.1, -0.05) is 31.4 Å². The monoisotopic (exact) mass is 368 g/mol. The van der Waals surface area contributed by atoms with Crippen molar-refractivity contribution in [3.05, 3.63) is 54.4 Å². The number of piperidine rings is 1. The molecule has 2 aromatic rings. The van der Waals surface area contributed by atoms with Gasteiger partial charge in [0.25, 0.3) is 0 Å². The molecule has 4 nitrogen and oxygen atoms in total. The van der Waals surface area contributed by atoms with Crippen molar-refractivity contribution >= 4 is 0 Å². The van der Waals surface area contributed by atoms with Crippen molar-refractivity contribution in [2.45, 2.75) is 51.0 Å². The van der Waals surface area contributed by atoms with E-state index >= 15 is 0 Å². The quantitative estimate of drug-likeness (QED) is 0.536. The number of nitrogens with zero attached hydrogens (tertiary/aromatic N) is 2. The second kappa shape index (κ2) is 10.9. The van der Waals surface area contributed by atoms with Crippen LogP contribution in [0.4, 0.5) is 0 Å². The third-order valence-corrected chi connectivity index (χ3v) is 5.33. The first kappa shape index (κ1) is 19.7. The van der Waals surface area contributed by atoms with Crippen molar-refractivity contribution in [1.29, 1.82) is 0 Å². The lowest BCUT2D eigenvalue weighted by Gasteiger charge is -2.36. The van der Waals surface area contributed by atoms with Gasteiger partial charge in [-0.05, 0) is 62.5 Å². The summed E-state index contributed by atoms with van der Waals surface area (Å²) in [5, 5.41) is 0. The van der Waals surface area contributed by atoms with Crippen LogP contribution in [0.15, 0.2) is 48.8 Å². The van der Waals surface area contributed by atoms with E-state index in [4.69, 9.17) is 9.47 Å². The van der Waals surface area contributed by atoms with Gasteiger partial charge in [0.15, 0.2) is 0 Å². The van der Waals surface area contributed by atoms with Crippen LogP contribution in [0.1, 0.15) is 56.6 Å². The van der Waals surface area contributed by atoms with Gasteiger partial charge in [0, 0.05) is 24.5 Å². The van der Waals surface area contributed by atoms with Crippen molar-refractivity contribution in [2.75, 3.05) is 26.8 Å². The summed E-state index contributed by atoms with van der Waals surface area (Å²) < 4.78 is 11.0. The average Bonchev–Trinajstić information content (AvgIpc) is 2.74. The summed E-state index contributed by atoms with van der Waals surface area (Å²) in [6.07, 6.45) is 12.7. The van der Waals surface area contributed by atoms with E-state index in [1.54, 1.807) is 7.11 Å². The summed E-state index contributed by atoms with van der Waals surface area (Å²) in [6, 6.07) is 12.7. The first-order chi connectivity index (χ1) is 13.4. The van der Waals surface area contributed by atoms with E-state index in [2.05, 4.69) is 22.0 Å². The number of likely N-dealkylation sites (tertiary alicyclic amines) is 1. The molecule has 146 valence electrons. The highest BCUT2D eigenvalue weighted by Gasteiger charge is 2.23. The molecule has 4 heteroatoms. The minimum absolute atomic E-state index is 0.559. The van der Waals surface area contributed by atoms with Gasteiger partial charge < -0.3 is 9.47 Å². The summed E-state index contributed by atoms with van der Waals surface area (Å²) in [4.78, 5) is 6.97. The Bertz CT molecular complexity index is 662. The zero-order valence-electron chi connectivity index (χ0n) is 16.5. The molecule has 1 aliphatic heterocycles. The topological polar surface area (TPSA) is 34.6 Å². The Labute approximate surface area is 163 Å². The fourth-order valence-corrected chi connectivity index (χ4v) is 3.86. The van der Waals surface area contributed by atoms with Crippen LogP contribution in [-0.2, 0) is 0 Å². The molecule has 0 N–H and O–H groups in total. The standard InChI is InChI=1S/C23H32N2O2/c1-26-21-11-8-12-22(18-21)27-17-7-3-2-5-15-25-16-6-4-13-23(25)20-10-9-14-24-19-20/h8-12,14,18-19,23H,2-7,13,15-17H2,1H3/t23-/m0/s1. The van der Waals surface area contributed by atoms with Gasteiger partial charge in [-0.25, -0.2) is 0 Å². The summed E-state index contributed by atoms with van der Waals surface area (Å²) in [7, 11) is 1.68. The first-order valence-electron chi connectivity index (χ1n) is 10.3. The lowest BCUT2D eigenvalue weighted by Crippen LogP contribution is -2.34. The highest BCUT2D eigenvalue weighted by molar-refractivity contribution is 5.32. The molecule has 0 bridgehead atoms. The highest BCUT2D eigenvalue weighted by Crippen LogP contribution is 2.30. The zero-order valence-corrected chi connectivity index (χ0v) is 16.5. The van der Waals surface area contributed by atoms with E-state index in [1.807, 2.05) is 36.7 Å². The maximum Gasteiger partial charge on any atom is 0.122 e. The molecule has 1 atom stereocenters. The van der Waals surface area contributed by atoms with Crippen molar-refractivity contribution in [3.63, 3.8) is 0 Å². The normalized spacial score (nSPS) is 17.6. The molecular weight excluding hydrogens is 336 g/mol. The maximum atomic E-state index is 5.82. The van der Waals surface area contributed by atoms with Gasteiger partial charge in [-0.15, -0.1) is 0 Å². The van der Waals surface area contributed by atoms with Crippen LogP contribution >= 0.6 is 0 Å². The number of benzene rings is 1. The summed E-state index contributed by atoms with van der Waals surface area (Å²) in [5.41, 5.74) is 1.38. The van der Waals surface area contributed by atoms with Crippen molar-refractivity contribution in [2.24, 2.45) is 0 Å². The van der Waals surface area contributed by atoms with Crippen molar-refractivity contribution in [1.82, 2.24) is 9.88 Å². The number of hydrogen-bond donors (Lipinski definition) is 0. The Kier molecular flexibility index (Phi) is 7.97. The number of ether oxygens (including phenoxy) is 2. The number of rotatable bonds is 10. The predicted molar refractivity (Wildman–Crippen MR) is 109 cm³/mol. The fraction of sp³-hybridized carbons (Fsp3) is 0.522. The Morgan fingerprint density at radius 2 is 1.93 bits per heavy atom. The molecule has 1 aromatic carbocycles. The number of unbranched alkanes of at least 4 members (excludes halogenated alkanes) is 3. The minimum atomic E-state index is 0.559. The third kappa shape index (κ3) is 6.24. The summed E-state index contributed by atoms with van der Waals surface area (Å²) >= 11 is 0. The predicted octanol–water partition coefficient (Wildman–Crippen LogP) is 5.26. The molecule has 3 rings (SSSR count). The van der Waals surface area contributed by atoms with Gasteiger partial charge in [0.2, 0.25) is 0 Å². The van der Waals surface area contributed by atoms with E-state index in [9.17, 15) is 0 Å². The summed E-state index contributed by atoms with van der Waals surface area (Å²) in [6.45, 7) is 3.18. The number of pyridine rings is 1. The van der Waals surface area contributed by atoms with Crippen LogP contribution < -0.4 is 9.47 Å². The molecule has 0 radical (unpaired) electrons. The van der Waals surface area contributed by atoms with E-state index in [1.165, 1.54) is 57.2 Å². The second-order valence-electron chi connectivity index (χ2n) is 7.28. The average molecular weight is 369 g/mol. The summed E-state index contributed by atoms with van der Waals surface area (Å²) in [5.74, 6) is 1.74. The van der Waals surface area contributed by atoms with Crippen LogP contribution in [0, 0.1) is 0 Å². The molecule has 0 spiro atoms. The van der Waals surface area contributed by atoms with Crippen molar-refractivity contribution in [3.8, 4) is 11.5 Å². The Morgan fingerprint density at radius 3 is 2.78 bits per heavy atom. The number of methoxy groups -OCH3 is 1. The molecule has 0 unspecified atom stereocenters. The molecule has 1 aromatic heterocycles. The van der Waals surface area contributed by atoms with E-state index in [0.29, 0.717) is 6.04 Å². The Morgan fingerprint density at radius 1 is 1.04 bits per heavy atom. The number of hydrogen-bond acceptors (Lipinski definition) is 4. The molecule has 0 saturated carbocycles. The first-order valence-corrected chi connectivity index (χ1v) is 10.3. The van der Waals surface area contributed by atoms with Crippen LogP contribution in [0.25, 0.3) is 0 Å². The largest absolute Gasteiger partial charge is 0.497 e. The van der Waals surface area contributed by atoms with E-state index in [0.717, 1.165) is 24.5 Å². The van der Waals surface area contributed by atoms with Gasteiger partial charge in [0.05, 0.1) is 13.7 Å². The van der Waals surface area contributed by atoms with Crippen LogP contribution in [-0.4, -0.2) is 36.7 Å². The second-order valence-corrected chi connectivity index (χ2v) is 7.28. The molecule has 1 saturated heterocycles. The van der Waals surface area contributed by atoms with Crippen LogP contribution in [0.3, 0.4) is 0 Å². The molecule has 1 fully saturated rings. The minimum Gasteiger partial charge on any atom is -0.497 e. The Hall–Kier alpha value is -2.07. The van der Waals surface area contributed by atoms with Crippen molar-refractivity contribution < 1.29 is 9.47 Å². The molecule has 0 aliphatic carbocycles. The molecule has 2 heterocycles. The van der Waals surface area contributed by atoms with Crippen LogP contribution in [0.5, 0.6) is 11.5 Å². The molecule has 1 aliphatic rings. The smallest absolute Gasteiger partial charge is 0.122 e. The molecular formula is C23H32N2O2. The SMILES string of the molecule is COc1cccc(OCCCCCCN2CCCC[C@H]2c2cccnc2)c1. The Balaban J connectivity index is 1.32. The molecule has 0 amide bonds. The van der Waals surface area contributed by atoms with Gasteiger partial charge in [-0.3, -0.25) is 9.88 Å². The van der Waals surface area contributed by atoms with Gasteiger partial charge in [0.1, 0.15) is 11.5 Å². The zero-order chi connectivity index (χ0) is 18.7. The third-order valence-electron chi connectivity index (χ3n) is 5.33. The van der Waals surface area contributed by atoms with E-state index < -0.39 is 0 Å². The number of aromatic nitrogens is 1.